The van der Waals surface area contributed by atoms with E-state index in [-0.39, 0.29) is 31.6 Å². The zero-order valence-corrected chi connectivity index (χ0v) is 31.1. The quantitative estimate of drug-likeness (QED) is 0.141. The summed E-state index contributed by atoms with van der Waals surface area (Å²) in [6.07, 6.45) is 1.88. The third-order valence-corrected chi connectivity index (χ3v) is 13.9. The van der Waals surface area contributed by atoms with E-state index in [4.69, 9.17) is 16.7 Å². The first-order valence-electron chi connectivity index (χ1n) is 17.9. The van der Waals surface area contributed by atoms with Gasteiger partial charge in [-0.3, -0.25) is 33.6 Å². The molecule has 9 rings (SSSR count). The van der Waals surface area contributed by atoms with Crippen molar-refractivity contribution < 1.29 is 34.2 Å². The van der Waals surface area contributed by atoms with Gasteiger partial charge in [0.15, 0.2) is 0 Å². The zero-order valence-electron chi connectivity index (χ0n) is 29.6. The fourth-order valence-corrected chi connectivity index (χ4v) is 11.2. The molecule has 0 bridgehead atoms. The first-order valence-corrected chi connectivity index (χ1v) is 19.1. The second-order valence-electron chi connectivity index (χ2n) is 15.1. The van der Waals surface area contributed by atoms with Crippen molar-refractivity contribution in [2.24, 2.45) is 36.1 Å². The molecule has 3 fully saturated rings. The number of nitrogens with zero attached hydrogens (tertiary/aromatic N) is 4. The first kappa shape index (κ1) is 34.4. The van der Waals surface area contributed by atoms with Crippen molar-refractivity contribution in [1.82, 2.24) is 14.7 Å². The van der Waals surface area contributed by atoms with Gasteiger partial charge in [0.1, 0.15) is 17.3 Å². The maximum Gasteiger partial charge on any atom is 0.305 e. The summed E-state index contributed by atoms with van der Waals surface area (Å²) in [6, 6.07) is 18.4. The molecule has 4 aliphatic rings. The van der Waals surface area contributed by atoms with E-state index in [1.165, 1.54) is 9.58 Å². The predicted octanol–water partition coefficient (Wildman–Crippen LogP) is 6.83. The van der Waals surface area contributed by atoms with Gasteiger partial charge in [-0.05, 0) is 78.6 Å². The van der Waals surface area contributed by atoms with Crippen LogP contribution < -0.4 is 4.90 Å². The molecule has 1 saturated carbocycles. The molecule has 4 amide bonds. The van der Waals surface area contributed by atoms with Crippen LogP contribution in [-0.2, 0) is 31.0 Å². The monoisotopic (exact) mass is 762 g/mol. The number of amides is 4. The third-order valence-electron chi connectivity index (χ3n) is 12.4. The molecule has 0 unspecified atom stereocenters. The lowest BCUT2D eigenvalue weighted by Gasteiger charge is -2.49. The average Bonchev–Trinajstić information content (AvgIpc) is 3.81. The van der Waals surface area contributed by atoms with Gasteiger partial charge in [0.2, 0.25) is 23.6 Å². The van der Waals surface area contributed by atoms with Gasteiger partial charge in [-0.15, -0.1) is 11.3 Å². The van der Waals surface area contributed by atoms with E-state index in [1.807, 2.05) is 55.5 Å². The molecule has 13 heteroatoms. The van der Waals surface area contributed by atoms with Crippen LogP contribution in [-0.4, -0.2) is 61.0 Å². The molecule has 3 aromatic carbocycles. The molecule has 2 saturated heterocycles. The van der Waals surface area contributed by atoms with Gasteiger partial charge in [0.25, 0.3) is 0 Å². The Kier molecular flexibility index (Phi) is 7.71. The number of fused-ring (bicyclic) bond motifs is 6. The van der Waals surface area contributed by atoms with Crippen LogP contribution in [0.2, 0.25) is 5.02 Å². The van der Waals surface area contributed by atoms with Crippen molar-refractivity contribution in [2.75, 3.05) is 11.4 Å². The lowest BCUT2D eigenvalue weighted by atomic mass is 9.51. The van der Waals surface area contributed by atoms with Crippen LogP contribution in [0, 0.1) is 36.0 Å². The van der Waals surface area contributed by atoms with Crippen LogP contribution in [0.3, 0.4) is 0 Å². The highest BCUT2D eigenvalue weighted by atomic mass is 35.5. The minimum Gasteiger partial charge on any atom is -0.508 e. The fraction of sp³-hybridized carbons (Fsp3) is 0.317. The number of allylic oxidation sites excluding steroid dienone is 2. The van der Waals surface area contributed by atoms with E-state index < -0.39 is 64.6 Å². The number of aliphatic carboxylic acids is 1. The smallest absolute Gasteiger partial charge is 0.305 e. The zero-order chi connectivity index (χ0) is 38.0. The molecule has 54 heavy (non-hydrogen) atoms. The average molecular weight is 763 g/mol. The highest BCUT2D eigenvalue weighted by Gasteiger charge is 2.68. The van der Waals surface area contributed by atoms with Gasteiger partial charge in [0, 0.05) is 40.9 Å². The number of likely N-dealkylation sites (tertiary alicyclic amines) is 1. The Morgan fingerprint density at radius 3 is 2.56 bits per heavy atom. The van der Waals surface area contributed by atoms with E-state index in [9.17, 15) is 29.4 Å². The maximum absolute atomic E-state index is 15.2. The van der Waals surface area contributed by atoms with Crippen LogP contribution in [0.5, 0.6) is 5.75 Å². The van der Waals surface area contributed by atoms with E-state index >= 15 is 4.79 Å². The largest absolute Gasteiger partial charge is 0.508 e. The molecule has 2 aromatic heterocycles. The number of aromatic hydroxyl groups is 1. The number of phenols is 1. The molecule has 11 nitrogen and oxygen atoms in total. The normalized spacial score (nSPS) is 26.4. The van der Waals surface area contributed by atoms with Crippen LogP contribution in [0.15, 0.2) is 72.3 Å². The molecule has 4 heterocycles. The number of carbonyl (C=O) groups is 5. The number of benzene rings is 3. The van der Waals surface area contributed by atoms with Gasteiger partial charge in [-0.2, -0.15) is 5.10 Å². The predicted molar refractivity (Wildman–Crippen MR) is 203 cm³/mol. The molecule has 2 aliphatic heterocycles. The molecule has 0 radical (unpaired) electrons. The summed E-state index contributed by atoms with van der Waals surface area (Å²) in [5.74, 6) is -6.53. The van der Waals surface area contributed by atoms with Crippen molar-refractivity contribution in [2.45, 2.75) is 39.0 Å². The van der Waals surface area contributed by atoms with Gasteiger partial charge in [-0.1, -0.05) is 53.6 Å². The fourth-order valence-electron chi connectivity index (χ4n) is 9.84. The molecule has 2 aliphatic carbocycles. The van der Waals surface area contributed by atoms with Crippen LogP contribution in [0.1, 0.15) is 43.2 Å². The summed E-state index contributed by atoms with van der Waals surface area (Å²) in [4.78, 5) is 72.4. The number of imide groups is 2. The number of rotatable bonds is 6. The number of hydrogen-bond acceptors (Lipinski definition) is 8. The Labute approximate surface area is 318 Å². The maximum atomic E-state index is 15.2. The summed E-state index contributed by atoms with van der Waals surface area (Å²) in [5, 5.41) is 29.0. The Balaban J connectivity index is 1.19. The number of hydrogen-bond donors (Lipinski definition) is 2. The molecular weight excluding hydrogens is 728 g/mol. The number of carboxylic acids is 1. The number of halogens is 1. The summed E-state index contributed by atoms with van der Waals surface area (Å²) >= 11 is 7.86. The van der Waals surface area contributed by atoms with Crippen molar-refractivity contribution in [1.29, 1.82) is 0 Å². The standard InChI is InChI=1S/C41H35ClN4O7S/c1-19-25-16-21(42)9-13-30(25)54-36(19)28-18-31(44(3)43-28)46-38(51)27-17-26-23(10-11-24-33(26)39(52)45(37(24)50)15-14-32(48)49)35(41(27,2)40(46)53)34-22-7-5-4-6-20(22)8-12-29(34)47/h4-10,12-13,16,18,24,26-27,33,35,47H,11,14-15,17H2,1-3H3,(H,48,49)/t24-,26+,27-,33-,35+,41+/m0/s1. The molecule has 274 valence electrons. The van der Waals surface area contributed by atoms with Gasteiger partial charge < -0.3 is 10.2 Å². The van der Waals surface area contributed by atoms with Crippen LogP contribution in [0.4, 0.5) is 5.82 Å². The summed E-state index contributed by atoms with van der Waals surface area (Å²) in [5.41, 5.74) is 1.41. The highest BCUT2D eigenvalue weighted by molar-refractivity contribution is 7.22. The van der Waals surface area contributed by atoms with Gasteiger partial charge >= 0.3 is 5.97 Å². The molecule has 0 spiro atoms. The second kappa shape index (κ2) is 12.1. The van der Waals surface area contributed by atoms with E-state index in [2.05, 4.69) is 0 Å². The Bertz CT molecular complexity index is 2560. The molecular formula is C41H35ClN4O7S. The van der Waals surface area contributed by atoms with Crippen molar-refractivity contribution in [3.05, 3.63) is 88.5 Å². The number of anilines is 1. The molecule has 2 N–H and O–H groups in total. The van der Waals surface area contributed by atoms with Gasteiger partial charge in [-0.25, -0.2) is 4.90 Å². The Morgan fingerprint density at radius 1 is 1.00 bits per heavy atom. The number of carboxylic acid groups (broad SMARTS) is 1. The lowest BCUT2D eigenvalue weighted by Crippen LogP contribution is -2.49. The Morgan fingerprint density at radius 2 is 1.78 bits per heavy atom. The lowest BCUT2D eigenvalue weighted by molar-refractivity contribution is -0.142. The van der Waals surface area contributed by atoms with Crippen molar-refractivity contribution in [3.63, 3.8) is 0 Å². The minimum atomic E-state index is -1.39. The van der Waals surface area contributed by atoms with E-state index in [0.717, 1.165) is 36.4 Å². The van der Waals surface area contributed by atoms with Gasteiger partial charge in [0.05, 0.1) is 34.5 Å². The SMILES string of the molecule is Cc1c(-c2cc(N3C(=O)[C@@H]4C[C@@H]5C(=CC[C@@H]6C(=O)N(CCC(=O)O)C(=O)[C@@H]65)[C@H](c5c(O)ccc6ccccc56)[C@]4(C)C3=O)n(C)n2)sc2ccc(Cl)cc12. The Hall–Kier alpha value is -5.33. The number of aromatic nitrogens is 2. The van der Waals surface area contributed by atoms with Crippen molar-refractivity contribution >= 4 is 79.2 Å². The summed E-state index contributed by atoms with van der Waals surface area (Å²) < 4.78 is 2.56. The van der Waals surface area contributed by atoms with E-state index in [1.54, 1.807) is 43.5 Å². The van der Waals surface area contributed by atoms with Crippen molar-refractivity contribution in [3.8, 4) is 16.3 Å². The second-order valence-corrected chi connectivity index (χ2v) is 16.5. The number of carbonyl (C=O) groups excluding carboxylic acids is 4. The molecule has 6 atom stereocenters. The summed E-state index contributed by atoms with van der Waals surface area (Å²) in [6.45, 7) is 3.53. The van der Waals surface area contributed by atoms with E-state index in [0.29, 0.717) is 27.5 Å². The van der Waals surface area contributed by atoms with Crippen LogP contribution in [0.25, 0.3) is 31.4 Å². The third kappa shape index (κ3) is 4.72. The number of phenolic OH excluding ortho intramolecular Hbond substituents is 1. The van der Waals surface area contributed by atoms with Crippen LogP contribution >= 0.6 is 22.9 Å². The number of thiophene rings is 1. The highest BCUT2D eigenvalue weighted by Crippen LogP contribution is 2.65. The topological polar surface area (TPSA) is 150 Å². The summed E-state index contributed by atoms with van der Waals surface area (Å²) in [7, 11) is 1.69. The minimum absolute atomic E-state index is 0.0406. The number of aryl methyl sites for hydroxylation is 2. The molecule has 5 aromatic rings. The first-order chi connectivity index (χ1) is 25.8.